The van der Waals surface area contributed by atoms with Crippen molar-refractivity contribution in [2.24, 2.45) is 0 Å². The topological polar surface area (TPSA) is 69.0 Å². The molecule has 0 aliphatic heterocycles. The van der Waals surface area contributed by atoms with E-state index in [9.17, 15) is 18.0 Å². The highest BCUT2D eigenvalue weighted by Gasteiger charge is 2.31. The molecule has 0 bridgehead atoms. The first kappa shape index (κ1) is 19.9. The Bertz CT molecular complexity index is 1040. The summed E-state index contributed by atoms with van der Waals surface area (Å²) in [6.07, 6.45) is 0.281. The van der Waals surface area contributed by atoms with E-state index >= 15 is 0 Å². The Morgan fingerprint density at radius 2 is 1.93 bits per heavy atom. The van der Waals surface area contributed by atoms with Crippen LogP contribution in [0.1, 0.15) is 46.2 Å². The molecule has 9 heteroatoms. The van der Waals surface area contributed by atoms with E-state index in [1.165, 1.54) is 0 Å². The highest BCUT2D eigenvalue weighted by atomic mass is 19.4. The summed E-state index contributed by atoms with van der Waals surface area (Å²) in [5, 5.41) is 7.35. The van der Waals surface area contributed by atoms with Gasteiger partial charge in [0.25, 0.3) is 5.91 Å². The number of carbonyl (C=O) groups excluding carboxylic acids is 1. The van der Waals surface area contributed by atoms with Gasteiger partial charge in [-0.3, -0.25) is 9.78 Å². The molecular formula is C21H19F3N4O2. The maximum absolute atomic E-state index is 12.7. The molecule has 0 spiro atoms. The maximum Gasteiger partial charge on any atom is 0.417 e. The predicted molar refractivity (Wildman–Crippen MR) is 103 cm³/mol. The van der Waals surface area contributed by atoms with Gasteiger partial charge in [0.2, 0.25) is 0 Å². The molecule has 1 aliphatic carbocycles. The van der Waals surface area contributed by atoms with Crippen LogP contribution in [0.25, 0.3) is 5.69 Å². The SMILES string of the molecule is COc1ccc(-n2ncc3c2CCCC3NC(=O)c2ccc(C(F)(F)F)cn2)cc1. The molecule has 1 aromatic carbocycles. The van der Waals surface area contributed by atoms with Crippen LogP contribution in [0.4, 0.5) is 13.2 Å². The Morgan fingerprint density at radius 3 is 2.57 bits per heavy atom. The summed E-state index contributed by atoms with van der Waals surface area (Å²) in [7, 11) is 1.60. The lowest BCUT2D eigenvalue weighted by atomic mass is 9.92. The van der Waals surface area contributed by atoms with Crippen LogP contribution in [0.15, 0.2) is 48.8 Å². The average Bonchev–Trinajstić information content (AvgIpc) is 3.18. The Labute approximate surface area is 170 Å². The van der Waals surface area contributed by atoms with Crippen LogP contribution in [0.5, 0.6) is 5.75 Å². The minimum absolute atomic E-state index is 0.0577. The third-order valence-electron chi connectivity index (χ3n) is 5.13. The molecule has 2 heterocycles. The second-order valence-corrected chi connectivity index (χ2v) is 7.00. The fourth-order valence-corrected chi connectivity index (χ4v) is 3.58. The molecule has 0 fully saturated rings. The molecule has 4 rings (SSSR count). The number of hydrogen-bond donors (Lipinski definition) is 1. The van der Waals surface area contributed by atoms with Gasteiger partial charge in [0.05, 0.1) is 30.6 Å². The number of aromatic nitrogens is 3. The van der Waals surface area contributed by atoms with Crippen LogP contribution in [-0.4, -0.2) is 27.8 Å². The summed E-state index contributed by atoms with van der Waals surface area (Å²) >= 11 is 0. The van der Waals surface area contributed by atoms with Crippen molar-refractivity contribution >= 4 is 5.91 Å². The van der Waals surface area contributed by atoms with E-state index in [1.54, 1.807) is 13.3 Å². The number of fused-ring (bicyclic) bond motifs is 1. The Kier molecular flexibility index (Phi) is 5.19. The lowest BCUT2D eigenvalue weighted by Crippen LogP contribution is -2.31. The van der Waals surface area contributed by atoms with Crippen LogP contribution < -0.4 is 10.1 Å². The molecule has 0 radical (unpaired) electrons. The Morgan fingerprint density at radius 1 is 1.17 bits per heavy atom. The van der Waals surface area contributed by atoms with Crippen LogP contribution in [0.2, 0.25) is 0 Å². The van der Waals surface area contributed by atoms with Gasteiger partial charge in [0.1, 0.15) is 11.4 Å². The zero-order chi connectivity index (χ0) is 21.3. The standard InChI is InChI=1S/C21H19F3N4O2/c1-30-15-8-6-14(7-9-15)28-19-4-2-3-17(16(19)12-26-28)27-20(29)18-10-5-13(11-25-18)21(22,23)24/h5-12,17H,2-4H2,1H3,(H,27,29). The zero-order valence-electron chi connectivity index (χ0n) is 16.1. The van der Waals surface area contributed by atoms with Gasteiger partial charge < -0.3 is 10.1 Å². The van der Waals surface area contributed by atoms with Crippen LogP contribution in [-0.2, 0) is 12.6 Å². The quantitative estimate of drug-likeness (QED) is 0.695. The van der Waals surface area contributed by atoms with Gasteiger partial charge in [-0.25, -0.2) is 4.68 Å². The van der Waals surface area contributed by atoms with Crippen molar-refractivity contribution in [2.75, 3.05) is 7.11 Å². The summed E-state index contributed by atoms with van der Waals surface area (Å²) in [4.78, 5) is 16.2. The molecule has 156 valence electrons. The third-order valence-corrected chi connectivity index (χ3v) is 5.13. The molecule has 1 atom stereocenters. The van der Waals surface area contributed by atoms with Gasteiger partial charge in [-0.05, 0) is 55.7 Å². The van der Waals surface area contributed by atoms with Gasteiger partial charge in [-0.1, -0.05) is 0 Å². The first-order valence-corrected chi connectivity index (χ1v) is 9.42. The minimum atomic E-state index is -4.49. The van der Waals surface area contributed by atoms with Crippen LogP contribution in [0, 0.1) is 0 Å². The fraction of sp³-hybridized carbons (Fsp3) is 0.286. The summed E-state index contributed by atoms with van der Waals surface area (Å²) < 4.78 is 45.1. The second-order valence-electron chi connectivity index (χ2n) is 7.00. The van der Waals surface area contributed by atoms with E-state index in [0.29, 0.717) is 12.6 Å². The van der Waals surface area contributed by atoms with E-state index in [0.717, 1.165) is 47.7 Å². The van der Waals surface area contributed by atoms with Crippen molar-refractivity contribution in [1.82, 2.24) is 20.1 Å². The summed E-state index contributed by atoms with van der Waals surface area (Å²) in [5.74, 6) is 0.229. The molecular weight excluding hydrogens is 397 g/mol. The van der Waals surface area contributed by atoms with E-state index in [1.807, 2.05) is 28.9 Å². The van der Waals surface area contributed by atoms with Crippen molar-refractivity contribution < 1.29 is 22.7 Å². The molecule has 0 saturated carbocycles. The monoisotopic (exact) mass is 416 g/mol. The smallest absolute Gasteiger partial charge is 0.417 e. The number of pyridine rings is 1. The number of amides is 1. The van der Waals surface area contributed by atoms with E-state index in [4.69, 9.17) is 4.74 Å². The third kappa shape index (κ3) is 3.87. The maximum atomic E-state index is 12.7. The molecule has 1 unspecified atom stereocenters. The lowest BCUT2D eigenvalue weighted by Gasteiger charge is -2.24. The number of alkyl halides is 3. The number of benzene rings is 1. The summed E-state index contributed by atoms with van der Waals surface area (Å²) in [6, 6.07) is 9.17. The number of carbonyl (C=O) groups is 1. The molecule has 1 aliphatic rings. The largest absolute Gasteiger partial charge is 0.497 e. The molecule has 0 saturated heterocycles. The summed E-state index contributed by atoms with van der Waals surface area (Å²) in [6.45, 7) is 0. The lowest BCUT2D eigenvalue weighted by molar-refractivity contribution is -0.137. The van der Waals surface area contributed by atoms with Gasteiger partial charge in [-0.15, -0.1) is 0 Å². The van der Waals surface area contributed by atoms with Crippen LogP contribution >= 0.6 is 0 Å². The normalized spacial score (nSPS) is 16.1. The van der Waals surface area contributed by atoms with Gasteiger partial charge in [-0.2, -0.15) is 18.3 Å². The highest BCUT2D eigenvalue weighted by Crippen LogP contribution is 2.32. The molecule has 3 aromatic rings. The van der Waals surface area contributed by atoms with Gasteiger partial charge in [0, 0.05) is 17.5 Å². The number of halogens is 3. The van der Waals surface area contributed by atoms with Crippen molar-refractivity contribution in [3.8, 4) is 11.4 Å². The van der Waals surface area contributed by atoms with Gasteiger partial charge in [0.15, 0.2) is 0 Å². The average molecular weight is 416 g/mol. The van der Waals surface area contributed by atoms with Crippen molar-refractivity contribution in [3.63, 3.8) is 0 Å². The van der Waals surface area contributed by atoms with Crippen molar-refractivity contribution in [1.29, 1.82) is 0 Å². The Hall–Kier alpha value is -3.36. The molecule has 1 N–H and O–H groups in total. The number of hydrogen-bond acceptors (Lipinski definition) is 4. The molecule has 2 aromatic heterocycles. The zero-order valence-corrected chi connectivity index (χ0v) is 16.1. The van der Waals surface area contributed by atoms with Gasteiger partial charge >= 0.3 is 6.18 Å². The van der Waals surface area contributed by atoms with Crippen LogP contribution in [0.3, 0.4) is 0 Å². The van der Waals surface area contributed by atoms with E-state index < -0.39 is 17.6 Å². The van der Waals surface area contributed by atoms with E-state index in [2.05, 4.69) is 15.4 Å². The second kappa shape index (κ2) is 7.81. The fourth-order valence-electron chi connectivity index (χ4n) is 3.58. The molecule has 1 amide bonds. The number of ether oxygens (including phenoxy) is 1. The number of nitrogens with one attached hydrogen (secondary N) is 1. The predicted octanol–water partition coefficient (Wildman–Crippen LogP) is 4.10. The highest BCUT2D eigenvalue weighted by molar-refractivity contribution is 5.92. The van der Waals surface area contributed by atoms with E-state index in [-0.39, 0.29) is 11.7 Å². The van der Waals surface area contributed by atoms with Crippen molar-refractivity contribution in [3.05, 3.63) is 71.3 Å². The number of rotatable bonds is 4. The molecule has 30 heavy (non-hydrogen) atoms. The minimum Gasteiger partial charge on any atom is -0.497 e. The number of methoxy groups -OCH3 is 1. The first-order valence-electron chi connectivity index (χ1n) is 9.42. The molecule has 6 nitrogen and oxygen atoms in total. The Balaban J connectivity index is 1.53. The number of nitrogens with zero attached hydrogens (tertiary/aromatic N) is 3. The summed E-state index contributed by atoms with van der Waals surface area (Å²) in [5.41, 5.74) is 1.83. The first-order chi connectivity index (χ1) is 14.4. The van der Waals surface area contributed by atoms with Crippen molar-refractivity contribution in [2.45, 2.75) is 31.5 Å².